The van der Waals surface area contributed by atoms with Gasteiger partial charge in [0.05, 0.1) is 6.61 Å². The van der Waals surface area contributed by atoms with E-state index < -0.39 is 0 Å². The number of hydrogen-bond donors (Lipinski definition) is 0. The van der Waals surface area contributed by atoms with Gasteiger partial charge in [0.1, 0.15) is 5.75 Å². The molecule has 4 rings (SSSR count). The van der Waals surface area contributed by atoms with E-state index in [1.807, 2.05) is 0 Å². The van der Waals surface area contributed by atoms with Crippen LogP contribution in [-0.2, 0) is 12.8 Å². The maximum Gasteiger partial charge on any atom is 0.119 e. The van der Waals surface area contributed by atoms with Gasteiger partial charge in [0.15, 0.2) is 0 Å². The van der Waals surface area contributed by atoms with Crippen LogP contribution in [0.1, 0.15) is 88.7 Å². The Bertz CT molecular complexity index is 662. The van der Waals surface area contributed by atoms with Crippen molar-refractivity contribution in [3.8, 4) is 5.75 Å². The Morgan fingerprint density at radius 1 is 0.966 bits per heavy atom. The lowest BCUT2D eigenvalue weighted by Crippen LogP contribution is -2.35. The molecule has 3 unspecified atom stereocenters. The zero-order valence-corrected chi connectivity index (χ0v) is 18.7. The number of fused-ring (bicyclic) bond motifs is 2. The van der Waals surface area contributed by atoms with E-state index in [4.69, 9.17) is 4.74 Å². The molecule has 0 saturated heterocycles. The summed E-state index contributed by atoms with van der Waals surface area (Å²) in [5.41, 5.74) is 3.17. The Labute approximate surface area is 179 Å². The van der Waals surface area contributed by atoms with Crippen LogP contribution in [0.3, 0.4) is 0 Å². The number of ether oxygens (including phenoxy) is 1. The normalized spacial score (nSPS) is 31.6. The second kappa shape index (κ2) is 10.2. The maximum atomic E-state index is 5.94. The fourth-order valence-electron chi connectivity index (χ4n) is 6.65. The quantitative estimate of drug-likeness (QED) is 0.323. The molecule has 1 aromatic rings. The molecule has 1 nitrogen and oxygen atoms in total. The largest absolute Gasteiger partial charge is 0.494 e. The highest BCUT2D eigenvalue weighted by Gasteiger charge is 2.38. The van der Waals surface area contributed by atoms with E-state index >= 15 is 0 Å². The number of hydrogen-bond acceptors (Lipinski definition) is 1. The van der Waals surface area contributed by atoms with Crippen molar-refractivity contribution in [2.75, 3.05) is 6.61 Å². The van der Waals surface area contributed by atoms with Gasteiger partial charge in [-0.1, -0.05) is 31.9 Å². The first-order chi connectivity index (χ1) is 14.3. The molecular formula is C28H42O. The van der Waals surface area contributed by atoms with E-state index in [9.17, 15) is 0 Å². The van der Waals surface area contributed by atoms with E-state index in [0.29, 0.717) is 0 Å². The number of rotatable bonds is 8. The molecule has 160 valence electrons. The van der Waals surface area contributed by atoms with Crippen molar-refractivity contribution < 1.29 is 4.74 Å². The van der Waals surface area contributed by atoms with Gasteiger partial charge < -0.3 is 4.74 Å². The maximum absolute atomic E-state index is 5.94. The van der Waals surface area contributed by atoms with Crippen LogP contribution in [0, 0.1) is 29.6 Å². The molecule has 1 heteroatoms. The van der Waals surface area contributed by atoms with Crippen molar-refractivity contribution in [2.45, 2.75) is 90.4 Å². The molecule has 0 bridgehead atoms. The van der Waals surface area contributed by atoms with Gasteiger partial charge in [-0.25, -0.2) is 0 Å². The highest BCUT2D eigenvalue weighted by atomic mass is 16.5. The summed E-state index contributed by atoms with van der Waals surface area (Å²) in [4.78, 5) is 0. The van der Waals surface area contributed by atoms with Crippen LogP contribution < -0.4 is 4.74 Å². The molecule has 2 fully saturated rings. The number of benzene rings is 1. The molecule has 0 radical (unpaired) electrons. The third-order valence-electron chi connectivity index (χ3n) is 8.42. The van der Waals surface area contributed by atoms with Crippen LogP contribution in [0.5, 0.6) is 5.75 Å². The summed E-state index contributed by atoms with van der Waals surface area (Å²) in [6.07, 6.45) is 20.1. The second-order valence-corrected chi connectivity index (χ2v) is 10.3. The summed E-state index contributed by atoms with van der Waals surface area (Å²) in [5, 5.41) is 0. The van der Waals surface area contributed by atoms with E-state index in [1.165, 1.54) is 77.0 Å². The predicted octanol–water partition coefficient (Wildman–Crippen LogP) is 7.77. The van der Waals surface area contributed by atoms with Crippen LogP contribution >= 0.6 is 0 Å². The summed E-state index contributed by atoms with van der Waals surface area (Å²) >= 11 is 0. The van der Waals surface area contributed by atoms with Gasteiger partial charge in [-0.3, -0.25) is 0 Å². The lowest BCUT2D eigenvalue weighted by atomic mass is 9.61. The first-order valence-corrected chi connectivity index (χ1v) is 12.6. The first kappa shape index (κ1) is 21.0. The number of aryl methyl sites for hydroxylation is 1. The van der Waals surface area contributed by atoms with Crippen molar-refractivity contribution >= 4 is 0 Å². The molecule has 0 heterocycles. The predicted molar refractivity (Wildman–Crippen MR) is 123 cm³/mol. The molecule has 0 spiro atoms. The SMILES string of the molecule is C=CCC[C@@H]1CC[C@@H]2CC(C3CCc4cc(OCCCC)ccc4C3)CCC2C1. The van der Waals surface area contributed by atoms with Crippen molar-refractivity contribution in [3.63, 3.8) is 0 Å². The summed E-state index contributed by atoms with van der Waals surface area (Å²) < 4.78 is 5.94. The minimum atomic E-state index is 0.858. The lowest BCUT2D eigenvalue weighted by molar-refractivity contribution is 0.0699. The summed E-state index contributed by atoms with van der Waals surface area (Å²) in [6.45, 7) is 7.00. The van der Waals surface area contributed by atoms with E-state index in [2.05, 4.69) is 37.8 Å². The minimum absolute atomic E-state index is 0.858. The number of unbranched alkanes of at least 4 members (excludes halogenated alkanes) is 1. The molecule has 29 heavy (non-hydrogen) atoms. The van der Waals surface area contributed by atoms with E-state index in [0.717, 1.165) is 48.4 Å². The molecule has 0 amide bonds. The van der Waals surface area contributed by atoms with Gasteiger partial charge in [0.25, 0.3) is 0 Å². The Morgan fingerprint density at radius 3 is 2.59 bits per heavy atom. The molecule has 1 aromatic carbocycles. The Morgan fingerprint density at radius 2 is 1.76 bits per heavy atom. The van der Waals surface area contributed by atoms with Crippen LogP contribution in [0.4, 0.5) is 0 Å². The molecular weight excluding hydrogens is 352 g/mol. The van der Waals surface area contributed by atoms with Crippen LogP contribution in [-0.4, -0.2) is 6.61 Å². The summed E-state index contributed by atoms with van der Waals surface area (Å²) in [7, 11) is 0. The van der Waals surface area contributed by atoms with Crippen LogP contribution in [0.2, 0.25) is 0 Å². The van der Waals surface area contributed by atoms with E-state index in [1.54, 1.807) is 11.1 Å². The van der Waals surface area contributed by atoms with E-state index in [-0.39, 0.29) is 0 Å². The third kappa shape index (κ3) is 5.28. The highest BCUT2D eigenvalue weighted by molar-refractivity contribution is 5.37. The van der Waals surface area contributed by atoms with Crippen molar-refractivity contribution in [1.29, 1.82) is 0 Å². The fraction of sp³-hybridized carbons (Fsp3) is 0.714. The van der Waals surface area contributed by atoms with Gasteiger partial charge in [-0.15, -0.1) is 6.58 Å². The lowest BCUT2D eigenvalue weighted by Gasteiger charge is -2.45. The first-order valence-electron chi connectivity index (χ1n) is 12.6. The smallest absolute Gasteiger partial charge is 0.119 e. The number of allylic oxidation sites excluding steroid dienone is 1. The molecule has 0 aliphatic heterocycles. The second-order valence-electron chi connectivity index (χ2n) is 10.3. The average Bonchev–Trinajstić information content (AvgIpc) is 2.77. The third-order valence-corrected chi connectivity index (χ3v) is 8.42. The molecule has 0 N–H and O–H groups in total. The molecule has 5 atom stereocenters. The van der Waals surface area contributed by atoms with Gasteiger partial charge in [-0.2, -0.15) is 0 Å². The fourth-order valence-corrected chi connectivity index (χ4v) is 6.65. The van der Waals surface area contributed by atoms with Crippen molar-refractivity contribution in [2.24, 2.45) is 29.6 Å². The minimum Gasteiger partial charge on any atom is -0.494 e. The molecule has 0 aromatic heterocycles. The molecule has 3 aliphatic rings. The van der Waals surface area contributed by atoms with Gasteiger partial charge in [0, 0.05) is 0 Å². The molecule has 3 aliphatic carbocycles. The zero-order valence-electron chi connectivity index (χ0n) is 18.7. The van der Waals surface area contributed by atoms with Crippen molar-refractivity contribution in [1.82, 2.24) is 0 Å². The molecule has 2 saturated carbocycles. The highest BCUT2D eigenvalue weighted by Crippen LogP contribution is 2.49. The monoisotopic (exact) mass is 394 g/mol. The van der Waals surface area contributed by atoms with Crippen molar-refractivity contribution in [3.05, 3.63) is 42.0 Å². The van der Waals surface area contributed by atoms with Crippen LogP contribution in [0.15, 0.2) is 30.9 Å². The van der Waals surface area contributed by atoms with Gasteiger partial charge in [0.2, 0.25) is 0 Å². The average molecular weight is 395 g/mol. The van der Waals surface area contributed by atoms with Crippen LogP contribution in [0.25, 0.3) is 0 Å². The Kier molecular flexibility index (Phi) is 7.38. The summed E-state index contributed by atoms with van der Waals surface area (Å²) in [6, 6.07) is 6.93. The van der Waals surface area contributed by atoms with Gasteiger partial charge >= 0.3 is 0 Å². The topological polar surface area (TPSA) is 9.23 Å². The Hall–Kier alpha value is -1.24. The standard InChI is InChI=1S/C28H42O/c1-3-5-7-21-8-9-23-18-24(11-10-22(23)17-21)25-12-13-27-20-28(29-16-6-4-2)15-14-26(27)19-25/h3,14-15,20-25H,1,4-13,16-19H2,2H3/t21-,22?,23-,24?,25?/m1/s1. The Balaban J connectivity index is 1.30. The summed E-state index contributed by atoms with van der Waals surface area (Å²) in [5.74, 6) is 6.05. The zero-order chi connectivity index (χ0) is 20.1. The van der Waals surface area contributed by atoms with Gasteiger partial charge in [-0.05, 0) is 123 Å².